The van der Waals surface area contributed by atoms with Gasteiger partial charge in [-0.05, 0) is 30.5 Å². The van der Waals surface area contributed by atoms with Gasteiger partial charge in [0, 0.05) is 16.5 Å². The van der Waals surface area contributed by atoms with Crippen LogP contribution in [0.1, 0.15) is 12.0 Å². The van der Waals surface area contributed by atoms with E-state index in [0.29, 0.717) is 6.61 Å². The third-order valence-electron chi connectivity index (χ3n) is 2.99. The lowest BCUT2D eigenvalue weighted by atomic mass is 9.82. The summed E-state index contributed by atoms with van der Waals surface area (Å²) in [7, 11) is 0. The van der Waals surface area contributed by atoms with Crippen molar-refractivity contribution in [3.8, 4) is 0 Å². The van der Waals surface area contributed by atoms with Gasteiger partial charge in [-0.1, -0.05) is 28.1 Å². The van der Waals surface area contributed by atoms with E-state index in [-0.39, 0.29) is 12.0 Å². The molecule has 1 unspecified atom stereocenters. The van der Waals surface area contributed by atoms with Crippen LogP contribution in [0.15, 0.2) is 28.7 Å². The van der Waals surface area contributed by atoms with Gasteiger partial charge in [0.05, 0.1) is 13.2 Å². The minimum atomic E-state index is -0.0548. The molecule has 1 saturated heterocycles. The molecule has 2 rings (SSSR count). The number of benzene rings is 1. The first-order valence-corrected chi connectivity index (χ1v) is 5.96. The minimum absolute atomic E-state index is 0.0548. The zero-order valence-electron chi connectivity index (χ0n) is 8.58. The van der Waals surface area contributed by atoms with Gasteiger partial charge in [-0.2, -0.15) is 0 Å². The Hall–Kier alpha value is -0.380. The van der Waals surface area contributed by atoms with Gasteiger partial charge in [0.1, 0.15) is 0 Å². The second kappa shape index (κ2) is 4.64. The Morgan fingerprint density at radius 1 is 1.47 bits per heavy atom. The van der Waals surface area contributed by atoms with Crippen molar-refractivity contribution in [2.24, 2.45) is 5.41 Å². The number of ether oxygens (including phenoxy) is 1. The molecule has 1 aromatic carbocycles. The van der Waals surface area contributed by atoms with Gasteiger partial charge in [0.15, 0.2) is 0 Å². The third-order valence-corrected chi connectivity index (χ3v) is 3.48. The first-order chi connectivity index (χ1) is 7.24. The van der Waals surface area contributed by atoms with Crippen molar-refractivity contribution in [2.75, 3.05) is 19.8 Å². The summed E-state index contributed by atoms with van der Waals surface area (Å²) >= 11 is 3.46. The fourth-order valence-corrected chi connectivity index (χ4v) is 2.50. The van der Waals surface area contributed by atoms with Crippen LogP contribution >= 0.6 is 15.9 Å². The van der Waals surface area contributed by atoms with Crippen LogP contribution in [0, 0.1) is 5.41 Å². The van der Waals surface area contributed by atoms with Crippen molar-refractivity contribution in [3.63, 3.8) is 0 Å². The molecule has 1 aliphatic rings. The lowest BCUT2D eigenvalue weighted by Crippen LogP contribution is -2.28. The predicted molar refractivity (Wildman–Crippen MR) is 62.8 cm³/mol. The van der Waals surface area contributed by atoms with Crippen molar-refractivity contribution < 1.29 is 9.84 Å². The maximum atomic E-state index is 9.46. The molecular weight excluding hydrogens is 256 g/mol. The monoisotopic (exact) mass is 270 g/mol. The summed E-state index contributed by atoms with van der Waals surface area (Å²) in [6, 6.07) is 8.25. The minimum Gasteiger partial charge on any atom is -0.396 e. The number of hydrogen-bond donors (Lipinski definition) is 1. The Balaban J connectivity index is 2.12. The van der Waals surface area contributed by atoms with E-state index in [0.717, 1.165) is 23.9 Å². The van der Waals surface area contributed by atoms with Crippen molar-refractivity contribution in [3.05, 3.63) is 34.3 Å². The van der Waals surface area contributed by atoms with Crippen molar-refractivity contribution in [2.45, 2.75) is 12.8 Å². The summed E-state index contributed by atoms with van der Waals surface area (Å²) in [6.07, 6.45) is 1.85. The van der Waals surface area contributed by atoms with Gasteiger partial charge in [0.25, 0.3) is 0 Å². The van der Waals surface area contributed by atoms with Crippen LogP contribution in [-0.4, -0.2) is 24.9 Å². The standard InChI is InChI=1S/C12H15BrO2/c13-11-3-1-2-10(6-11)7-12(8-14)4-5-15-9-12/h1-3,6,14H,4-5,7-9H2. The second-order valence-electron chi connectivity index (χ2n) is 4.27. The molecule has 1 atom stereocenters. The Kier molecular flexibility index (Phi) is 3.44. The van der Waals surface area contributed by atoms with Crippen LogP contribution in [-0.2, 0) is 11.2 Å². The Labute approximate surface area is 98.4 Å². The van der Waals surface area contributed by atoms with E-state index in [2.05, 4.69) is 28.1 Å². The number of aliphatic hydroxyl groups is 1. The average Bonchev–Trinajstić information content (AvgIpc) is 2.67. The van der Waals surface area contributed by atoms with E-state index in [9.17, 15) is 5.11 Å². The quantitative estimate of drug-likeness (QED) is 0.914. The van der Waals surface area contributed by atoms with E-state index >= 15 is 0 Å². The third kappa shape index (κ3) is 2.60. The van der Waals surface area contributed by atoms with Gasteiger partial charge in [-0.3, -0.25) is 0 Å². The molecular formula is C12H15BrO2. The largest absolute Gasteiger partial charge is 0.396 e. The molecule has 15 heavy (non-hydrogen) atoms. The van der Waals surface area contributed by atoms with Gasteiger partial charge in [0.2, 0.25) is 0 Å². The molecule has 1 aliphatic heterocycles. The summed E-state index contributed by atoms with van der Waals surface area (Å²) in [4.78, 5) is 0. The summed E-state index contributed by atoms with van der Waals surface area (Å²) in [6.45, 7) is 1.66. The molecule has 0 aliphatic carbocycles. The molecule has 0 radical (unpaired) electrons. The molecule has 1 fully saturated rings. The van der Waals surface area contributed by atoms with E-state index in [1.54, 1.807) is 0 Å². The van der Waals surface area contributed by atoms with Crippen molar-refractivity contribution in [1.29, 1.82) is 0 Å². The fourth-order valence-electron chi connectivity index (χ4n) is 2.05. The Bertz CT molecular complexity index is 332. The van der Waals surface area contributed by atoms with Crippen LogP contribution in [0.3, 0.4) is 0 Å². The summed E-state index contributed by atoms with van der Waals surface area (Å²) in [5.41, 5.74) is 1.20. The SMILES string of the molecule is OCC1(Cc2cccc(Br)c2)CCOC1. The highest BCUT2D eigenvalue weighted by Gasteiger charge is 2.34. The zero-order valence-corrected chi connectivity index (χ0v) is 10.2. The summed E-state index contributed by atoms with van der Waals surface area (Å²) < 4.78 is 6.47. The normalized spacial score (nSPS) is 25.7. The molecule has 1 N–H and O–H groups in total. The molecule has 1 aromatic rings. The van der Waals surface area contributed by atoms with E-state index in [4.69, 9.17) is 4.74 Å². The Morgan fingerprint density at radius 2 is 2.33 bits per heavy atom. The maximum Gasteiger partial charge on any atom is 0.0548 e. The number of halogens is 1. The lowest BCUT2D eigenvalue weighted by molar-refractivity contribution is 0.0935. The van der Waals surface area contributed by atoms with Gasteiger partial charge in [-0.25, -0.2) is 0 Å². The van der Waals surface area contributed by atoms with Crippen LogP contribution in [0.2, 0.25) is 0 Å². The highest BCUT2D eigenvalue weighted by atomic mass is 79.9. The topological polar surface area (TPSA) is 29.5 Å². The van der Waals surface area contributed by atoms with Crippen molar-refractivity contribution >= 4 is 15.9 Å². The zero-order chi connectivity index (χ0) is 10.7. The van der Waals surface area contributed by atoms with Gasteiger partial charge >= 0.3 is 0 Å². The molecule has 0 spiro atoms. The Morgan fingerprint density at radius 3 is 2.93 bits per heavy atom. The smallest absolute Gasteiger partial charge is 0.0548 e. The summed E-state index contributed by atoms with van der Waals surface area (Å²) in [5, 5.41) is 9.46. The second-order valence-corrected chi connectivity index (χ2v) is 5.18. The van der Waals surface area contributed by atoms with Crippen LogP contribution < -0.4 is 0 Å². The molecule has 1 heterocycles. The molecule has 2 nitrogen and oxygen atoms in total. The highest BCUT2D eigenvalue weighted by Crippen LogP contribution is 2.32. The summed E-state index contributed by atoms with van der Waals surface area (Å²) in [5.74, 6) is 0. The highest BCUT2D eigenvalue weighted by molar-refractivity contribution is 9.10. The van der Waals surface area contributed by atoms with Gasteiger partial charge < -0.3 is 9.84 Å². The molecule has 0 amide bonds. The predicted octanol–water partition coefficient (Wildman–Crippen LogP) is 2.39. The van der Waals surface area contributed by atoms with E-state index < -0.39 is 0 Å². The molecule has 0 saturated carbocycles. The van der Waals surface area contributed by atoms with E-state index in [1.165, 1.54) is 5.56 Å². The van der Waals surface area contributed by atoms with Crippen LogP contribution in [0.5, 0.6) is 0 Å². The molecule has 0 bridgehead atoms. The van der Waals surface area contributed by atoms with Crippen LogP contribution in [0.25, 0.3) is 0 Å². The lowest BCUT2D eigenvalue weighted by Gasteiger charge is -2.24. The number of hydrogen-bond acceptors (Lipinski definition) is 2. The van der Waals surface area contributed by atoms with E-state index in [1.807, 2.05) is 12.1 Å². The molecule has 0 aromatic heterocycles. The number of aliphatic hydroxyl groups excluding tert-OH is 1. The first kappa shape index (κ1) is 11.1. The average molecular weight is 271 g/mol. The van der Waals surface area contributed by atoms with Gasteiger partial charge in [-0.15, -0.1) is 0 Å². The van der Waals surface area contributed by atoms with Crippen LogP contribution in [0.4, 0.5) is 0 Å². The first-order valence-electron chi connectivity index (χ1n) is 5.17. The molecule has 82 valence electrons. The maximum absolute atomic E-state index is 9.46. The fraction of sp³-hybridized carbons (Fsp3) is 0.500. The van der Waals surface area contributed by atoms with Crippen molar-refractivity contribution in [1.82, 2.24) is 0 Å². The number of rotatable bonds is 3. The molecule has 3 heteroatoms.